The number of aryl methyl sites for hydroxylation is 1. The number of nitrogens with zero attached hydrogens (tertiary/aromatic N) is 2. The van der Waals surface area contributed by atoms with E-state index in [2.05, 4.69) is 28.3 Å². The van der Waals surface area contributed by atoms with Gasteiger partial charge in [0, 0.05) is 17.0 Å². The molecule has 1 fully saturated rings. The third-order valence-corrected chi connectivity index (χ3v) is 4.80. The van der Waals surface area contributed by atoms with Gasteiger partial charge in [-0.25, -0.2) is 9.97 Å². The first-order valence-corrected chi connectivity index (χ1v) is 7.79. The van der Waals surface area contributed by atoms with Gasteiger partial charge < -0.3 is 11.1 Å². The highest BCUT2D eigenvalue weighted by Gasteiger charge is 2.21. The first-order chi connectivity index (χ1) is 9.24. The quantitative estimate of drug-likeness (QED) is 0.827. The van der Waals surface area contributed by atoms with Gasteiger partial charge in [-0.3, -0.25) is 0 Å². The van der Waals surface area contributed by atoms with E-state index in [0.717, 1.165) is 28.9 Å². The molecule has 3 rings (SSSR count). The lowest BCUT2D eigenvalue weighted by atomic mass is 10.0. The number of nitrogens with two attached hydrogens (primary N) is 1. The lowest BCUT2D eigenvalue weighted by Gasteiger charge is -2.23. The molecule has 2 aromatic heterocycles. The lowest BCUT2D eigenvalue weighted by Crippen LogP contribution is -2.39. The predicted molar refractivity (Wildman–Crippen MR) is 80.6 cm³/mol. The number of fused-ring (bicyclic) bond motifs is 1. The van der Waals surface area contributed by atoms with Gasteiger partial charge in [0.15, 0.2) is 0 Å². The normalized spacial score (nSPS) is 24.3. The average Bonchev–Trinajstić information content (AvgIpc) is 2.66. The molecule has 4 nitrogen and oxygen atoms in total. The molecule has 0 radical (unpaired) electrons. The minimum Gasteiger partial charge on any atom is -0.365 e. The highest BCUT2D eigenvalue weighted by molar-refractivity contribution is 7.18. The zero-order valence-corrected chi connectivity index (χ0v) is 12.0. The molecule has 1 saturated carbocycles. The molecule has 0 spiro atoms. The average molecular weight is 276 g/mol. The van der Waals surface area contributed by atoms with Crippen LogP contribution in [0, 0.1) is 6.92 Å². The topological polar surface area (TPSA) is 63.8 Å². The first-order valence-electron chi connectivity index (χ1n) is 6.97. The second-order valence-corrected chi connectivity index (χ2v) is 6.59. The van der Waals surface area contributed by atoms with Crippen molar-refractivity contribution < 1.29 is 0 Å². The number of nitrogens with one attached hydrogen (secondary N) is 1. The van der Waals surface area contributed by atoms with E-state index in [4.69, 9.17) is 5.73 Å². The van der Waals surface area contributed by atoms with Gasteiger partial charge in [0.25, 0.3) is 0 Å². The lowest BCUT2D eigenvalue weighted by molar-refractivity contribution is 0.527. The van der Waals surface area contributed by atoms with Gasteiger partial charge in [-0.2, -0.15) is 0 Å². The second kappa shape index (κ2) is 5.43. The van der Waals surface area contributed by atoms with Crippen LogP contribution in [0.5, 0.6) is 0 Å². The zero-order valence-electron chi connectivity index (χ0n) is 11.2. The van der Waals surface area contributed by atoms with E-state index in [1.165, 1.54) is 24.1 Å². The van der Waals surface area contributed by atoms with Crippen LogP contribution in [-0.2, 0) is 0 Å². The highest BCUT2D eigenvalue weighted by Crippen LogP contribution is 2.29. The Morgan fingerprint density at radius 3 is 3.00 bits per heavy atom. The van der Waals surface area contributed by atoms with Crippen molar-refractivity contribution in [2.75, 3.05) is 5.32 Å². The summed E-state index contributed by atoms with van der Waals surface area (Å²) >= 11 is 1.71. The third kappa shape index (κ3) is 2.72. The molecule has 0 bridgehead atoms. The Morgan fingerprint density at radius 2 is 2.11 bits per heavy atom. The van der Waals surface area contributed by atoms with Crippen molar-refractivity contribution in [1.82, 2.24) is 9.97 Å². The summed E-state index contributed by atoms with van der Waals surface area (Å²) in [5, 5.41) is 4.68. The maximum atomic E-state index is 6.27. The summed E-state index contributed by atoms with van der Waals surface area (Å²) in [7, 11) is 0. The van der Waals surface area contributed by atoms with Crippen LogP contribution >= 0.6 is 11.3 Å². The predicted octanol–water partition coefficient (Wildman–Crippen LogP) is 3.07. The first kappa shape index (κ1) is 12.8. The highest BCUT2D eigenvalue weighted by atomic mass is 32.1. The molecule has 5 heteroatoms. The number of anilines is 1. The summed E-state index contributed by atoms with van der Waals surface area (Å²) in [4.78, 5) is 11.1. The molecule has 3 N–H and O–H groups in total. The molecule has 2 heterocycles. The minimum atomic E-state index is 0.229. The van der Waals surface area contributed by atoms with E-state index < -0.39 is 0 Å². The van der Waals surface area contributed by atoms with Crippen molar-refractivity contribution in [3.63, 3.8) is 0 Å². The van der Waals surface area contributed by atoms with E-state index in [0.29, 0.717) is 6.04 Å². The number of aromatic nitrogens is 2. The Kier molecular flexibility index (Phi) is 3.66. The minimum absolute atomic E-state index is 0.229. The SMILES string of the molecule is Cc1cc2c(NC3CCCCCC3N)ncnc2s1. The van der Waals surface area contributed by atoms with Crippen molar-refractivity contribution in [3.05, 3.63) is 17.3 Å². The Balaban J connectivity index is 1.87. The second-order valence-electron chi connectivity index (χ2n) is 5.35. The van der Waals surface area contributed by atoms with Crippen LogP contribution in [0.15, 0.2) is 12.4 Å². The molecule has 102 valence electrons. The van der Waals surface area contributed by atoms with Gasteiger partial charge >= 0.3 is 0 Å². The van der Waals surface area contributed by atoms with Crippen LogP contribution in [0.4, 0.5) is 5.82 Å². The smallest absolute Gasteiger partial charge is 0.138 e. The molecule has 0 amide bonds. The summed E-state index contributed by atoms with van der Waals surface area (Å²) in [6, 6.07) is 2.72. The molecule has 0 saturated heterocycles. The summed E-state index contributed by atoms with van der Waals surface area (Å²) in [5.74, 6) is 0.941. The summed E-state index contributed by atoms with van der Waals surface area (Å²) < 4.78 is 0. The Labute approximate surface area is 117 Å². The van der Waals surface area contributed by atoms with Crippen LogP contribution < -0.4 is 11.1 Å². The number of hydrogen-bond donors (Lipinski definition) is 2. The van der Waals surface area contributed by atoms with Crippen molar-refractivity contribution in [1.29, 1.82) is 0 Å². The monoisotopic (exact) mass is 276 g/mol. The van der Waals surface area contributed by atoms with Gasteiger partial charge in [0.2, 0.25) is 0 Å². The van der Waals surface area contributed by atoms with Crippen LogP contribution in [0.1, 0.15) is 37.0 Å². The van der Waals surface area contributed by atoms with E-state index in [9.17, 15) is 0 Å². The summed E-state index contributed by atoms with van der Waals surface area (Å²) in [5.41, 5.74) is 6.27. The van der Waals surface area contributed by atoms with Crippen molar-refractivity contribution in [2.24, 2.45) is 5.73 Å². The van der Waals surface area contributed by atoms with Gasteiger partial charge in [0.1, 0.15) is 17.0 Å². The van der Waals surface area contributed by atoms with Gasteiger partial charge in [-0.15, -0.1) is 11.3 Å². The number of rotatable bonds is 2. The number of hydrogen-bond acceptors (Lipinski definition) is 5. The largest absolute Gasteiger partial charge is 0.365 e. The van der Waals surface area contributed by atoms with Crippen LogP contribution in [0.3, 0.4) is 0 Å². The standard InChI is InChI=1S/C14H20N4S/c1-9-7-10-13(16-8-17-14(10)19-9)18-12-6-4-2-3-5-11(12)15/h7-8,11-12H,2-6,15H2,1H3,(H,16,17,18). The molecule has 2 atom stereocenters. The molecule has 1 aliphatic rings. The maximum Gasteiger partial charge on any atom is 0.138 e. The fourth-order valence-electron chi connectivity index (χ4n) is 2.78. The number of thiophene rings is 1. The molecule has 0 aromatic carbocycles. The van der Waals surface area contributed by atoms with Gasteiger partial charge in [0.05, 0.1) is 5.39 Å². The van der Waals surface area contributed by atoms with Crippen molar-refractivity contribution >= 4 is 27.4 Å². The summed E-state index contributed by atoms with van der Waals surface area (Å²) in [6.07, 6.45) is 7.67. The third-order valence-electron chi connectivity index (χ3n) is 3.84. The molecule has 1 aliphatic carbocycles. The maximum absolute atomic E-state index is 6.27. The fraction of sp³-hybridized carbons (Fsp3) is 0.571. The van der Waals surface area contributed by atoms with Crippen LogP contribution in [0.2, 0.25) is 0 Å². The Hall–Kier alpha value is -1.20. The molecular weight excluding hydrogens is 256 g/mol. The van der Waals surface area contributed by atoms with Gasteiger partial charge in [-0.1, -0.05) is 19.3 Å². The zero-order chi connectivity index (χ0) is 13.2. The molecule has 19 heavy (non-hydrogen) atoms. The van der Waals surface area contributed by atoms with Crippen LogP contribution in [0.25, 0.3) is 10.2 Å². The molecule has 2 unspecified atom stereocenters. The van der Waals surface area contributed by atoms with Gasteiger partial charge in [-0.05, 0) is 25.8 Å². The molecular formula is C14H20N4S. The van der Waals surface area contributed by atoms with E-state index in [1.54, 1.807) is 17.7 Å². The fourth-order valence-corrected chi connectivity index (χ4v) is 3.63. The van der Waals surface area contributed by atoms with E-state index in [-0.39, 0.29) is 6.04 Å². The van der Waals surface area contributed by atoms with Crippen LogP contribution in [-0.4, -0.2) is 22.1 Å². The van der Waals surface area contributed by atoms with Crippen molar-refractivity contribution in [2.45, 2.75) is 51.1 Å². The van der Waals surface area contributed by atoms with E-state index >= 15 is 0 Å². The van der Waals surface area contributed by atoms with E-state index in [1.807, 2.05) is 0 Å². The van der Waals surface area contributed by atoms with Crippen molar-refractivity contribution in [3.8, 4) is 0 Å². The molecule has 2 aromatic rings. The Morgan fingerprint density at radius 1 is 1.26 bits per heavy atom. The molecule has 0 aliphatic heterocycles. The summed E-state index contributed by atoms with van der Waals surface area (Å²) in [6.45, 7) is 2.10. The Bertz CT molecular complexity index is 566.